The molecule has 5 heteroatoms. The highest BCUT2D eigenvalue weighted by Gasteiger charge is 2.23. The summed E-state index contributed by atoms with van der Waals surface area (Å²) in [5.41, 5.74) is 3.49. The van der Waals surface area contributed by atoms with Crippen LogP contribution in [-0.2, 0) is 17.9 Å². The summed E-state index contributed by atoms with van der Waals surface area (Å²) >= 11 is 0. The van der Waals surface area contributed by atoms with E-state index >= 15 is 0 Å². The third-order valence-electron chi connectivity index (χ3n) is 5.41. The predicted molar refractivity (Wildman–Crippen MR) is 99.5 cm³/mol. The Kier molecular flexibility index (Phi) is 4.88. The van der Waals surface area contributed by atoms with Crippen molar-refractivity contribution in [1.29, 1.82) is 0 Å². The lowest BCUT2D eigenvalue weighted by Crippen LogP contribution is -2.45. The summed E-state index contributed by atoms with van der Waals surface area (Å²) in [6.07, 6.45) is 4.87. The first-order valence-electron chi connectivity index (χ1n) is 9.34. The maximum atomic E-state index is 6.03. The van der Waals surface area contributed by atoms with Crippen molar-refractivity contribution in [3.63, 3.8) is 0 Å². The predicted octanol–water partition coefficient (Wildman–Crippen LogP) is 2.44. The normalized spacial score (nSPS) is 22.1. The molecule has 0 unspecified atom stereocenters. The lowest BCUT2D eigenvalue weighted by Gasteiger charge is -2.31. The summed E-state index contributed by atoms with van der Waals surface area (Å²) in [4.78, 5) is 7.16. The minimum atomic E-state index is 0.229. The Hall–Kier alpha value is -1.69. The minimum absolute atomic E-state index is 0.229. The second kappa shape index (κ2) is 7.28. The van der Waals surface area contributed by atoms with E-state index < -0.39 is 0 Å². The van der Waals surface area contributed by atoms with Gasteiger partial charge in [-0.1, -0.05) is 29.8 Å². The zero-order valence-corrected chi connectivity index (χ0v) is 15.2. The number of piperidine rings is 1. The Morgan fingerprint density at radius 2 is 1.96 bits per heavy atom. The Bertz CT molecular complexity index is 701. The number of nitrogens with zero attached hydrogens (tertiary/aromatic N) is 3. The number of likely N-dealkylation sites (tertiary alicyclic amines) is 1. The molecule has 0 aliphatic carbocycles. The van der Waals surface area contributed by atoms with Crippen molar-refractivity contribution in [2.75, 3.05) is 26.7 Å². The van der Waals surface area contributed by atoms with Crippen molar-refractivity contribution >= 4 is 0 Å². The van der Waals surface area contributed by atoms with Gasteiger partial charge in [0, 0.05) is 24.3 Å². The molecule has 0 amide bonds. The van der Waals surface area contributed by atoms with Gasteiger partial charge in [-0.25, -0.2) is 4.98 Å². The van der Waals surface area contributed by atoms with Gasteiger partial charge in [-0.15, -0.1) is 0 Å². The van der Waals surface area contributed by atoms with E-state index in [9.17, 15) is 0 Å². The van der Waals surface area contributed by atoms with E-state index in [-0.39, 0.29) is 6.10 Å². The fourth-order valence-corrected chi connectivity index (χ4v) is 3.69. The van der Waals surface area contributed by atoms with Crippen LogP contribution in [0.15, 0.2) is 30.5 Å². The molecule has 1 N–H and O–H groups in total. The summed E-state index contributed by atoms with van der Waals surface area (Å²) in [5, 5.41) is 3.70. The number of ether oxygens (including phenoxy) is 1. The molecule has 134 valence electrons. The largest absolute Gasteiger partial charge is 0.367 e. The third kappa shape index (κ3) is 3.94. The number of nitrogens with one attached hydrogen (secondary N) is 1. The lowest BCUT2D eigenvalue weighted by atomic mass is 10.1. The van der Waals surface area contributed by atoms with Crippen molar-refractivity contribution in [3.05, 3.63) is 41.9 Å². The summed E-state index contributed by atoms with van der Waals surface area (Å²) in [5.74, 6) is 1.03. The van der Waals surface area contributed by atoms with Crippen LogP contribution in [0.2, 0.25) is 0 Å². The Balaban J connectivity index is 1.36. The first-order valence-corrected chi connectivity index (χ1v) is 9.34. The van der Waals surface area contributed by atoms with E-state index in [1.165, 1.54) is 37.1 Å². The summed E-state index contributed by atoms with van der Waals surface area (Å²) in [7, 11) is 2.20. The van der Waals surface area contributed by atoms with E-state index in [1.807, 2.05) is 0 Å². The van der Waals surface area contributed by atoms with E-state index in [2.05, 4.69) is 59.2 Å². The number of aromatic nitrogens is 2. The zero-order chi connectivity index (χ0) is 17.2. The molecule has 1 saturated heterocycles. The SMILES string of the molecule is Cc1ccc(-c2cn3c(n2)CO[C@@H](CNC2CCN(C)CC2)C3)cc1. The Labute approximate surface area is 150 Å². The fraction of sp³-hybridized carbons (Fsp3) is 0.550. The lowest BCUT2D eigenvalue weighted by molar-refractivity contribution is 0.000430. The van der Waals surface area contributed by atoms with Crippen molar-refractivity contribution in [3.8, 4) is 11.3 Å². The van der Waals surface area contributed by atoms with Gasteiger partial charge >= 0.3 is 0 Å². The number of imidazole rings is 1. The maximum Gasteiger partial charge on any atom is 0.135 e. The third-order valence-corrected chi connectivity index (χ3v) is 5.41. The molecule has 0 spiro atoms. The van der Waals surface area contributed by atoms with Gasteiger partial charge in [0.2, 0.25) is 0 Å². The number of hydrogen-bond acceptors (Lipinski definition) is 4. The van der Waals surface area contributed by atoms with E-state index in [0.717, 1.165) is 24.6 Å². The molecular weight excluding hydrogens is 312 g/mol. The molecular formula is C20H28N4O. The first-order chi connectivity index (χ1) is 12.2. The van der Waals surface area contributed by atoms with Crippen molar-refractivity contribution in [2.24, 2.45) is 0 Å². The molecule has 1 aromatic carbocycles. The average molecular weight is 340 g/mol. The first kappa shape index (κ1) is 16.8. The number of benzene rings is 1. The molecule has 3 heterocycles. The molecule has 25 heavy (non-hydrogen) atoms. The van der Waals surface area contributed by atoms with E-state index in [0.29, 0.717) is 12.6 Å². The smallest absolute Gasteiger partial charge is 0.135 e. The van der Waals surface area contributed by atoms with Crippen LogP contribution in [0.1, 0.15) is 24.2 Å². The molecule has 1 fully saturated rings. The topological polar surface area (TPSA) is 42.3 Å². The van der Waals surface area contributed by atoms with Crippen LogP contribution in [0.3, 0.4) is 0 Å². The van der Waals surface area contributed by atoms with Crippen LogP contribution in [0.5, 0.6) is 0 Å². The van der Waals surface area contributed by atoms with Gasteiger partial charge in [-0.3, -0.25) is 0 Å². The van der Waals surface area contributed by atoms with Crippen LogP contribution in [-0.4, -0.2) is 53.3 Å². The minimum Gasteiger partial charge on any atom is -0.367 e. The fourth-order valence-electron chi connectivity index (χ4n) is 3.69. The van der Waals surface area contributed by atoms with Gasteiger partial charge in [-0.2, -0.15) is 0 Å². The highest BCUT2D eigenvalue weighted by molar-refractivity contribution is 5.59. The van der Waals surface area contributed by atoms with Crippen molar-refractivity contribution in [2.45, 2.75) is 45.1 Å². The molecule has 4 rings (SSSR count). The van der Waals surface area contributed by atoms with Crippen molar-refractivity contribution < 1.29 is 4.74 Å². The van der Waals surface area contributed by atoms with E-state index in [1.54, 1.807) is 0 Å². The molecule has 2 aliphatic rings. The molecule has 2 aromatic rings. The van der Waals surface area contributed by atoms with Gasteiger partial charge in [0.1, 0.15) is 12.4 Å². The quantitative estimate of drug-likeness (QED) is 0.928. The number of hydrogen-bond donors (Lipinski definition) is 1. The molecule has 0 radical (unpaired) electrons. The van der Waals surface area contributed by atoms with Gasteiger partial charge in [0.15, 0.2) is 0 Å². The number of rotatable bonds is 4. The van der Waals surface area contributed by atoms with Crippen LogP contribution in [0, 0.1) is 6.92 Å². The Morgan fingerprint density at radius 3 is 2.72 bits per heavy atom. The number of aryl methyl sites for hydroxylation is 1. The van der Waals surface area contributed by atoms with Gasteiger partial charge in [-0.05, 0) is 39.9 Å². The van der Waals surface area contributed by atoms with Gasteiger partial charge < -0.3 is 19.5 Å². The highest BCUT2D eigenvalue weighted by Crippen LogP contribution is 2.22. The van der Waals surface area contributed by atoms with Crippen LogP contribution in [0.25, 0.3) is 11.3 Å². The van der Waals surface area contributed by atoms with Crippen LogP contribution >= 0.6 is 0 Å². The van der Waals surface area contributed by atoms with Gasteiger partial charge in [0.25, 0.3) is 0 Å². The second-order valence-corrected chi connectivity index (χ2v) is 7.48. The second-order valence-electron chi connectivity index (χ2n) is 7.48. The molecule has 2 aliphatic heterocycles. The standard InChI is InChI=1S/C20H28N4O/c1-15-3-5-16(6-4-15)19-13-24-12-18(25-14-20(24)22-19)11-21-17-7-9-23(2)10-8-17/h3-6,13,17-18,21H,7-12,14H2,1-2H3/t18-/m0/s1. The molecule has 0 bridgehead atoms. The molecule has 1 aromatic heterocycles. The molecule has 0 saturated carbocycles. The average Bonchev–Trinajstić information content (AvgIpc) is 3.05. The summed E-state index contributed by atoms with van der Waals surface area (Å²) in [6, 6.07) is 9.19. The maximum absolute atomic E-state index is 6.03. The monoisotopic (exact) mass is 340 g/mol. The van der Waals surface area contributed by atoms with Crippen LogP contribution in [0.4, 0.5) is 0 Å². The van der Waals surface area contributed by atoms with E-state index in [4.69, 9.17) is 9.72 Å². The van der Waals surface area contributed by atoms with Crippen LogP contribution < -0.4 is 5.32 Å². The van der Waals surface area contributed by atoms with Gasteiger partial charge in [0.05, 0.1) is 18.3 Å². The summed E-state index contributed by atoms with van der Waals surface area (Å²) in [6.45, 7) is 6.90. The molecule has 5 nitrogen and oxygen atoms in total. The molecule has 1 atom stereocenters. The Morgan fingerprint density at radius 1 is 1.20 bits per heavy atom. The van der Waals surface area contributed by atoms with Crippen molar-refractivity contribution in [1.82, 2.24) is 19.8 Å². The zero-order valence-electron chi connectivity index (χ0n) is 15.2. The highest BCUT2D eigenvalue weighted by atomic mass is 16.5. The summed E-state index contributed by atoms with van der Waals surface area (Å²) < 4.78 is 8.29. The number of fused-ring (bicyclic) bond motifs is 1.